The zero-order chi connectivity index (χ0) is 26.5. The summed E-state index contributed by atoms with van der Waals surface area (Å²) in [6.45, 7) is 2.00. The first kappa shape index (κ1) is 24.3. The van der Waals surface area contributed by atoms with Crippen LogP contribution >= 0.6 is 0 Å². The van der Waals surface area contributed by atoms with Gasteiger partial charge in [0.25, 0.3) is 5.91 Å². The van der Waals surface area contributed by atoms with E-state index in [9.17, 15) is 9.59 Å². The predicted octanol–water partition coefficient (Wildman–Crippen LogP) is 5.63. The highest BCUT2D eigenvalue weighted by molar-refractivity contribution is 5.99. The van der Waals surface area contributed by atoms with Gasteiger partial charge in [-0.2, -0.15) is 5.10 Å². The predicted molar refractivity (Wildman–Crippen MR) is 143 cm³/mol. The number of hydrogen-bond acceptors (Lipinski definition) is 6. The molecule has 0 bridgehead atoms. The standard InChI is InChI=1S/C28H24N6O4/c1-18-5-9-20(10-6-18)34-26(17-23(33-34)25-4-3-15-37-25)32-28(36)31-19-7-11-21(12-8-19)38-22-13-14-30-24(16-22)27(35)29-2/h3-17H,1-2H3,(H,29,35)(H2,31,32,36). The fraction of sp³-hybridized carbons (Fsp3) is 0.0714. The summed E-state index contributed by atoms with van der Waals surface area (Å²) >= 11 is 0. The van der Waals surface area contributed by atoms with Gasteiger partial charge in [-0.1, -0.05) is 17.7 Å². The lowest BCUT2D eigenvalue weighted by atomic mass is 10.2. The van der Waals surface area contributed by atoms with Crippen molar-refractivity contribution in [2.45, 2.75) is 6.92 Å². The van der Waals surface area contributed by atoms with Crippen LogP contribution in [0.15, 0.2) is 95.7 Å². The second-order valence-corrected chi connectivity index (χ2v) is 8.30. The van der Waals surface area contributed by atoms with Crippen LogP contribution in [0, 0.1) is 6.92 Å². The van der Waals surface area contributed by atoms with Crippen LogP contribution in [-0.2, 0) is 0 Å². The number of aromatic nitrogens is 3. The molecule has 5 rings (SSSR count). The molecule has 0 saturated heterocycles. The third-order valence-electron chi connectivity index (χ3n) is 5.54. The van der Waals surface area contributed by atoms with Crippen LogP contribution in [-0.4, -0.2) is 33.8 Å². The normalized spacial score (nSPS) is 10.6. The highest BCUT2D eigenvalue weighted by Gasteiger charge is 2.15. The summed E-state index contributed by atoms with van der Waals surface area (Å²) in [6, 6.07) is 22.7. The van der Waals surface area contributed by atoms with Gasteiger partial charge in [0.2, 0.25) is 0 Å². The van der Waals surface area contributed by atoms with Gasteiger partial charge >= 0.3 is 6.03 Å². The number of amides is 3. The molecule has 0 atom stereocenters. The fourth-order valence-electron chi connectivity index (χ4n) is 3.65. The van der Waals surface area contributed by atoms with Crippen molar-refractivity contribution in [3.8, 4) is 28.6 Å². The molecule has 0 unspecified atom stereocenters. The summed E-state index contributed by atoms with van der Waals surface area (Å²) in [6.07, 6.45) is 3.07. The van der Waals surface area contributed by atoms with Gasteiger partial charge in [0.1, 0.15) is 28.7 Å². The van der Waals surface area contributed by atoms with Crippen LogP contribution in [0.2, 0.25) is 0 Å². The molecule has 3 aromatic heterocycles. The Bertz CT molecular complexity index is 1560. The molecule has 3 heterocycles. The third-order valence-corrected chi connectivity index (χ3v) is 5.54. The molecule has 2 aromatic carbocycles. The molecule has 3 N–H and O–H groups in total. The Kier molecular flexibility index (Phi) is 6.85. The molecule has 0 aliphatic carbocycles. The minimum absolute atomic E-state index is 0.250. The third kappa shape index (κ3) is 5.54. The van der Waals surface area contributed by atoms with Crippen molar-refractivity contribution in [1.29, 1.82) is 0 Å². The van der Waals surface area contributed by atoms with Crippen molar-refractivity contribution in [2.24, 2.45) is 0 Å². The summed E-state index contributed by atoms with van der Waals surface area (Å²) in [5.74, 6) is 1.76. The Morgan fingerprint density at radius 2 is 1.71 bits per heavy atom. The number of nitrogens with zero attached hydrogens (tertiary/aromatic N) is 3. The Morgan fingerprint density at radius 1 is 0.921 bits per heavy atom. The molecular weight excluding hydrogens is 484 g/mol. The van der Waals surface area contributed by atoms with Crippen LogP contribution in [0.3, 0.4) is 0 Å². The van der Waals surface area contributed by atoms with Crippen molar-refractivity contribution >= 4 is 23.4 Å². The number of hydrogen-bond donors (Lipinski definition) is 3. The van der Waals surface area contributed by atoms with E-state index in [-0.39, 0.29) is 11.6 Å². The smallest absolute Gasteiger partial charge is 0.324 e. The topological polar surface area (TPSA) is 123 Å². The Labute approximate surface area is 218 Å². The van der Waals surface area contributed by atoms with Gasteiger partial charge in [-0.05, 0) is 61.5 Å². The van der Waals surface area contributed by atoms with Crippen molar-refractivity contribution in [1.82, 2.24) is 20.1 Å². The number of ether oxygens (including phenoxy) is 1. The molecule has 5 aromatic rings. The second kappa shape index (κ2) is 10.7. The first-order chi connectivity index (χ1) is 18.5. The molecule has 0 radical (unpaired) electrons. The molecule has 0 fully saturated rings. The second-order valence-electron chi connectivity index (χ2n) is 8.30. The van der Waals surface area contributed by atoms with Crippen molar-refractivity contribution in [3.05, 3.63) is 103 Å². The summed E-state index contributed by atoms with van der Waals surface area (Å²) in [7, 11) is 1.54. The highest BCUT2D eigenvalue weighted by atomic mass is 16.5. The molecule has 0 spiro atoms. The lowest BCUT2D eigenvalue weighted by Crippen LogP contribution is -2.21. The maximum Gasteiger partial charge on any atom is 0.324 e. The van der Waals surface area contributed by atoms with Crippen LogP contribution in [0.1, 0.15) is 16.1 Å². The molecule has 0 saturated carbocycles. The lowest BCUT2D eigenvalue weighted by molar-refractivity contribution is 0.0958. The number of pyridine rings is 1. The minimum Gasteiger partial charge on any atom is -0.463 e. The van der Waals surface area contributed by atoms with Gasteiger partial charge in [-0.3, -0.25) is 15.1 Å². The van der Waals surface area contributed by atoms with Gasteiger partial charge in [0.05, 0.1) is 12.0 Å². The summed E-state index contributed by atoms with van der Waals surface area (Å²) < 4.78 is 12.9. The summed E-state index contributed by atoms with van der Waals surface area (Å²) in [4.78, 5) is 28.7. The SMILES string of the molecule is CNC(=O)c1cc(Oc2ccc(NC(=O)Nc3cc(-c4ccco4)nn3-c3ccc(C)cc3)cc2)ccn1. The average molecular weight is 509 g/mol. The number of furan rings is 1. The van der Waals surface area contributed by atoms with Crippen LogP contribution in [0.25, 0.3) is 17.1 Å². The average Bonchev–Trinajstić information content (AvgIpc) is 3.61. The van der Waals surface area contributed by atoms with E-state index in [4.69, 9.17) is 9.15 Å². The van der Waals surface area contributed by atoms with E-state index in [2.05, 4.69) is 26.0 Å². The van der Waals surface area contributed by atoms with E-state index in [1.807, 2.05) is 31.2 Å². The number of nitrogens with one attached hydrogen (secondary N) is 3. The molecular formula is C28H24N6O4. The highest BCUT2D eigenvalue weighted by Crippen LogP contribution is 2.26. The largest absolute Gasteiger partial charge is 0.463 e. The maximum absolute atomic E-state index is 12.9. The molecule has 3 amide bonds. The summed E-state index contributed by atoms with van der Waals surface area (Å²) in [5, 5.41) is 12.8. The number of urea groups is 1. The fourth-order valence-corrected chi connectivity index (χ4v) is 3.65. The zero-order valence-electron chi connectivity index (χ0n) is 20.6. The van der Waals surface area contributed by atoms with Crippen molar-refractivity contribution < 1.29 is 18.7 Å². The van der Waals surface area contributed by atoms with Gasteiger partial charge < -0.3 is 19.8 Å². The molecule has 10 nitrogen and oxygen atoms in total. The van der Waals surface area contributed by atoms with Gasteiger partial charge in [-0.25, -0.2) is 9.48 Å². The number of aryl methyl sites for hydroxylation is 1. The van der Waals surface area contributed by atoms with Crippen LogP contribution in [0.4, 0.5) is 16.3 Å². The first-order valence-electron chi connectivity index (χ1n) is 11.7. The quantitative estimate of drug-likeness (QED) is 0.262. The Morgan fingerprint density at radius 3 is 2.42 bits per heavy atom. The number of anilines is 2. The Hall–Kier alpha value is -5.38. The molecule has 0 aliphatic heterocycles. The summed E-state index contributed by atoms with van der Waals surface area (Å²) in [5.41, 5.74) is 3.30. The van der Waals surface area contributed by atoms with E-state index >= 15 is 0 Å². The number of benzene rings is 2. The number of carbonyl (C=O) groups is 2. The number of carbonyl (C=O) groups excluding carboxylic acids is 2. The van der Waals surface area contributed by atoms with Crippen molar-refractivity contribution in [3.63, 3.8) is 0 Å². The molecule has 10 heteroatoms. The van der Waals surface area contributed by atoms with Gasteiger partial charge in [-0.15, -0.1) is 0 Å². The maximum atomic E-state index is 12.9. The van der Waals surface area contributed by atoms with E-state index in [0.29, 0.717) is 34.5 Å². The molecule has 190 valence electrons. The van der Waals surface area contributed by atoms with Gasteiger partial charge in [0.15, 0.2) is 5.76 Å². The van der Waals surface area contributed by atoms with E-state index in [1.54, 1.807) is 65.5 Å². The van der Waals surface area contributed by atoms with Crippen molar-refractivity contribution in [2.75, 3.05) is 17.7 Å². The lowest BCUT2D eigenvalue weighted by Gasteiger charge is -2.11. The monoisotopic (exact) mass is 508 g/mol. The van der Waals surface area contributed by atoms with E-state index in [0.717, 1.165) is 11.3 Å². The van der Waals surface area contributed by atoms with E-state index < -0.39 is 6.03 Å². The van der Waals surface area contributed by atoms with Crippen LogP contribution in [0.5, 0.6) is 11.5 Å². The molecule has 0 aliphatic rings. The Balaban J connectivity index is 1.29. The first-order valence-corrected chi connectivity index (χ1v) is 11.7. The number of rotatable bonds is 7. The zero-order valence-corrected chi connectivity index (χ0v) is 20.6. The molecule has 38 heavy (non-hydrogen) atoms. The van der Waals surface area contributed by atoms with Gasteiger partial charge in [0, 0.05) is 31.1 Å². The minimum atomic E-state index is -0.442. The van der Waals surface area contributed by atoms with E-state index in [1.165, 1.54) is 13.2 Å². The van der Waals surface area contributed by atoms with Crippen LogP contribution < -0.4 is 20.7 Å².